The smallest absolute Gasteiger partial charge is 0.305 e. The number of likely N-dealkylation sites (N-methyl/N-ethyl adjacent to an activating group) is 1. The van der Waals surface area contributed by atoms with Gasteiger partial charge in [0.05, 0.1) is 0 Å². The molecule has 1 aromatic carbocycles. The third kappa shape index (κ3) is 1.38. The third-order valence-corrected chi connectivity index (χ3v) is 4.02. The van der Waals surface area contributed by atoms with Crippen molar-refractivity contribution in [3.63, 3.8) is 0 Å². The zero-order valence-electron chi connectivity index (χ0n) is 9.90. The number of carbonyl (C=O) groups excluding carboxylic acids is 2. The molecule has 5 heteroatoms. The summed E-state index contributed by atoms with van der Waals surface area (Å²) in [5, 5.41) is 0.591. The average Bonchev–Trinajstić information content (AvgIpc) is 2.56. The minimum Gasteiger partial charge on any atom is -0.464 e. The summed E-state index contributed by atoms with van der Waals surface area (Å²) in [6.07, 6.45) is 0.758. The summed E-state index contributed by atoms with van der Waals surface area (Å²) in [6, 6.07) is 5.40. The van der Waals surface area contributed by atoms with Crippen molar-refractivity contribution in [1.29, 1.82) is 0 Å². The standard InChI is InChI=1S/C13H12ClNO3/c1-15-10-3-2-8(14)6-9(10)13(12(15)17)5-4-11(16)18-7-13/h2-3,6H,4-5,7H2,1H3. The van der Waals surface area contributed by atoms with E-state index in [9.17, 15) is 9.59 Å². The number of cyclic esters (lactones) is 1. The second-order valence-corrected chi connectivity index (χ2v) is 5.20. The van der Waals surface area contributed by atoms with Crippen molar-refractivity contribution < 1.29 is 14.3 Å². The van der Waals surface area contributed by atoms with Crippen molar-refractivity contribution in [2.75, 3.05) is 18.6 Å². The van der Waals surface area contributed by atoms with Crippen LogP contribution in [0.3, 0.4) is 0 Å². The molecular weight excluding hydrogens is 254 g/mol. The van der Waals surface area contributed by atoms with Gasteiger partial charge in [-0.25, -0.2) is 0 Å². The zero-order chi connectivity index (χ0) is 12.9. The molecule has 4 nitrogen and oxygen atoms in total. The third-order valence-electron chi connectivity index (χ3n) is 3.79. The normalized spacial score (nSPS) is 26.4. The summed E-state index contributed by atoms with van der Waals surface area (Å²) in [4.78, 5) is 25.3. The van der Waals surface area contributed by atoms with Crippen molar-refractivity contribution in [1.82, 2.24) is 0 Å². The number of fused-ring (bicyclic) bond motifs is 2. The second-order valence-electron chi connectivity index (χ2n) is 4.77. The van der Waals surface area contributed by atoms with E-state index in [0.29, 0.717) is 11.4 Å². The lowest BCUT2D eigenvalue weighted by atomic mass is 9.77. The molecule has 0 aromatic heterocycles. The summed E-state index contributed by atoms with van der Waals surface area (Å²) in [6.45, 7) is 0.113. The first-order chi connectivity index (χ1) is 8.54. The molecule has 2 heterocycles. The Balaban J connectivity index is 2.14. The van der Waals surface area contributed by atoms with Gasteiger partial charge in [-0.05, 0) is 30.2 Å². The number of halogens is 1. The Morgan fingerprint density at radius 1 is 1.39 bits per heavy atom. The minimum absolute atomic E-state index is 0.0210. The SMILES string of the molecule is CN1C(=O)C2(CCC(=O)OC2)c2cc(Cl)ccc21. The number of carbonyl (C=O) groups is 2. The fourth-order valence-corrected chi connectivity index (χ4v) is 2.95. The van der Waals surface area contributed by atoms with Crippen molar-refractivity contribution in [2.24, 2.45) is 0 Å². The van der Waals surface area contributed by atoms with Gasteiger partial charge >= 0.3 is 5.97 Å². The topological polar surface area (TPSA) is 46.6 Å². The number of ether oxygens (including phenoxy) is 1. The van der Waals surface area contributed by atoms with Gasteiger partial charge in [-0.3, -0.25) is 9.59 Å². The van der Waals surface area contributed by atoms with Crippen molar-refractivity contribution in [3.05, 3.63) is 28.8 Å². The zero-order valence-corrected chi connectivity index (χ0v) is 10.7. The summed E-state index contributed by atoms with van der Waals surface area (Å²) >= 11 is 6.01. The number of hydrogen-bond donors (Lipinski definition) is 0. The van der Waals surface area contributed by atoms with Crippen LogP contribution in [0.1, 0.15) is 18.4 Å². The molecule has 1 fully saturated rings. The van der Waals surface area contributed by atoms with E-state index in [4.69, 9.17) is 16.3 Å². The number of benzene rings is 1. The average molecular weight is 266 g/mol. The van der Waals surface area contributed by atoms with Gasteiger partial charge in [-0.2, -0.15) is 0 Å². The molecule has 1 unspecified atom stereocenters. The fourth-order valence-electron chi connectivity index (χ4n) is 2.77. The molecule has 1 saturated heterocycles. The lowest BCUT2D eigenvalue weighted by Gasteiger charge is -2.31. The van der Waals surface area contributed by atoms with Gasteiger partial charge in [0.25, 0.3) is 0 Å². The van der Waals surface area contributed by atoms with Crippen LogP contribution in [-0.4, -0.2) is 25.5 Å². The second kappa shape index (κ2) is 3.72. The van der Waals surface area contributed by atoms with Crippen LogP contribution in [0.15, 0.2) is 18.2 Å². The van der Waals surface area contributed by atoms with Crippen LogP contribution in [0, 0.1) is 0 Å². The molecule has 1 spiro atoms. The first-order valence-electron chi connectivity index (χ1n) is 5.78. The molecule has 3 rings (SSSR count). The summed E-state index contributed by atoms with van der Waals surface area (Å²) in [5.41, 5.74) is 0.987. The van der Waals surface area contributed by atoms with Crippen LogP contribution in [0.4, 0.5) is 5.69 Å². The van der Waals surface area contributed by atoms with Crippen molar-refractivity contribution in [2.45, 2.75) is 18.3 Å². The number of hydrogen-bond acceptors (Lipinski definition) is 3. The van der Waals surface area contributed by atoms with Crippen LogP contribution in [0.25, 0.3) is 0 Å². The summed E-state index contributed by atoms with van der Waals surface area (Å²) < 4.78 is 5.10. The van der Waals surface area contributed by atoms with Crippen LogP contribution >= 0.6 is 11.6 Å². The monoisotopic (exact) mass is 265 g/mol. The first-order valence-corrected chi connectivity index (χ1v) is 6.16. The van der Waals surface area contributed by atoms with Crippen molar-refractivity contribution in [3.8, 4) is 0 Å². The Morgan fingerprint density at radius 3 is 2.83 bits per heavy atom. The van der Waals surface area contributed by atoms with Crippen molar-refractivity contribution >= 4 is 29.2 Å². The highest BCUT2D eigenvalue weighted by atomic mass is 35.5. The molecule has 0 aliphatic carbocycles. The van der Waals surface area contributed by atoms with Gasteiger partial charge in [-0.1, -0.05) is 11.6 Å². The van der Waals surface area contributed by atoms with Crippen LogP contribution < -0.4 is 4.90 Å². The number of esters is 1. The molecule has 0 radical (unpaired) electrons. The van der Waals surface area contributed by atoms with Gasteiger partial charge in [0.2, 0.25) is 5.91 Å². The molecule has 94 valence electrons. The molecule has 2 aliphatic rings. The largest absolute Gasteiger partial charge is 0.464 e. The number of nitrogens with zero attached hydrogens (tertiary/aromatic N) is 1. The highest BCUT2D eigenvalue weighted by Gasteiger charge is 2.52. The number of anilines is 1. The van der Waals surface area contributed by atoms with E-state index in [1.165, 1.54) is 0 Å². The Labute approximate surface area is 109 Å². The van der Waals surface area contributed by atoms with Gasteiger partial charge in [-0.15, -0.1) is 0 Å². The fraction of sp³-hybridized carbons (Fsp3) is 0.385. The number of rotatable bonds is 0. The Morgan fingerprint density at radius 2 is 2.17 bits per heavy atom. The molecule has 0 bridgehead atoms. The number of amides is 1. The Bertz CT molecular complexity index is 545. The predicted molar refractivity (Wildman–Crippen MR) is 66.7 cm³/mol. The lowest BCUT2D eigenvalue weighted by molar-refractivity contribution is -0.152. The van der Waals surface area contributed by atoms with Crippen LogP contribution in [0.5, 0.6) is 0 Å². The van der Waals surface area contributed by atoms with Gasteiger partial charge in [0.1, 0.15) is 12.0 Å². The van der Waals surface area contributed by atoms with E-state index in [2.05, 4.69) is 0 Å². The molecule has 1 aromatic rings. The molecule has 1 atom stereocenters. The van der Waals surface area contributed by atoms with E-state index in [-0.39, 0.29) is 24.9 Å². The van der Waals surface area contributed by atoms with Crippen LogP contribution in [0.2, 0.25) is 5.02 Å². The molecular formula is C13H12ClNO3. The Kier molecular flexibility index (Phi) is 2.38. The molecule has 1 amide bonds. The quantitative estimate of drug-likeness (QED) is 0.673. The van der Waals surface area contributed by atoms with E-state index >= 15 is 0 Å². The maximum Gasteiger partial charge on any atom is 0.305 e. The van der Waals surface area contributed by atoms with E-state index in [1.54, 1.807) is 24.1 Å². The lowest BCUT2D eigenvalue weighted by Crippen LogP contribution is -2.46. The Hall–Kier alpha value is -1.55. The molecule has 2 aliphatic heterocycles. The highest BCUT2D eigenvalue weighted by molar-refractivity contribution is 6.31. The summed E-state index contributed by atoms with van der Waals surface area (Å²) in [5.74, 6) is -0.265. The maximum absolute atomic E-state index is 12.4. The molecule has 18 heavy (non-hydrogen) atoms. The molecule has 0 saturated carbocycles. The van der Waals surface area contributed by atoms with Gasteiger partial charge in [0, 0.05) is 24.2 Å². The minimum atomic E-state index is -0.733. The van der Waals surface area contributed by atoms with Gasteiger partial charge < -0.3 is 9.64 Å². The summed E-state index contributed by atoms with van der Waals surface area (Å²) in [7, 11) is 1.74. The predicted octanol–water partition coefficient (Wildman–Crippen LogP) is 1.89. The highest BCUT2D eigenvalue weighted by Crippen LogP contribution is 2.46. The maximum atomic E-state index is 12.4. The first kappa shape index (κ1) is 11.5. The van der Waals surface area contributed by atoms with E-state index in [1.807, 2.05) is 6.07 Å². The van der Waals surface area contributed by atoms with Crippen LogP contribution in [-0.2, 0) is 19.7 Å². The van der Waals surface area contributed by atoms with E-state index in [0.717, 1.165) is 11.3 Å². The van der Waals surface area contributed by atoms with E-state index < -0.39 is 5.41 Å². The van der Waals surface area contributed by atoms with Gasteiger partial charge in [0.15, 0.2) is 0 Å². The molecule has 0 N–H and O–H groups in total.